The lowest BCUT2D eigenvalue weighted by Crippen LogP contribution is -1.99. The van der Waals surface area contributed by atoms with Crippen molar-refractivity contribution in [1.29, 1.82) is 0 Å². The van der Waals surface area contributed by atoms with E-state index in [0.717, 1.165) is 11.1 Å². The van der Waals surface area contributed by atoms with E-state index >= 15 is 0 Å². The van der Waals surface area contributed by atoms with Gasteiger partial charge in [-0.05, 0) is 24.1 Å². The Hall–Kier alpha value is -1.94. The molecular formula is C14H13NO2S. The van der Waals surface area contributed by atoms with Crippen LogP contribution in [-0.4, -0.2) is 15.1 Å². The van der Waals surface area contributed by atoms with E-state index in [9.17, 15) is 8.42 Å². The summed E-state index contributed by atoms with van der Waals surface area (Å²) in [6.45, 7) is 5.07. The molecule has 0 fully saturated rings. The van der Waals surface area contributed by atoms with Crippen LogP contribution < -0.4 is 0 Å². The van der Waals surface area contributed by atoms with Crippen molar-refractivity contribution in [3.8, 4) is 11.1 Å². The molecule has 0 aliphatic carbocycles. The summed E-state index contributed by atoms with van der Waals surface area (Å²) in [6, 6.07) is 14.5. The van der Waals surface area contributed by atoms with Gasteiger partial charge in [-0.3, -0.25) is 0 Å². The maximum atomic E-state index is 11.9. The first-order chi connectivity index (χ1) is 8.56. The van der Waals surface area contributed by atoms with Gasteiger partial charge in [0.1, 0.15) is 0 Å². The molecule has 2 aromatic rings. The molecule has 0 aliphatic rings. The second-order valence-corrected chi connectivity index (χ2v) is 5.56. The first-order valence-electron chi connectivity index (χ1n) is 5.44. The Balaban J connectivity index is 2.75. The van der Waals surface area contributed by atoms with E-state index in [0.29, 0.717) is 5.56 Å². The van der Waals surface area contributed by atoms with Gasteiger partial charge in [-0.15, -0.1) is 0 Å². The Bertz CT molecular complexity index is 690. The monoisotopic (exact) mass is 259 g/mol. The number of sulfonamides is 1. The van der Waals surface area contributed by atoms with Crippen LogP contribution >= 0.6 is 0 Å². The molecular weight excluding hydrogens is 246 g/mol. The van der Waals surface area contributed by atoms with Crippen LogP contribution in [0.3, 0.4) is 0 Å². The van der Waals surface area contributed by atoms with Gasteiger partial charge >= 0.3 is 0 Å². The summed E-state index contributed by atoms with van der Waals surface area (Å²) < 4.78 is 27.0. The van der Waals surface area contributed by atoms with E-state index in [1.54, 1.807) is 18.2 Å². The standard InChI is InChI=1S/C14H13NO2S/c1-11-7-3-4-8-12(11)13-9-5-6-10-14(13)18(16,17)15-2/h3-10H,2H2,1H3. The molecule has 0 saturated heterocycles. The molecule has 2 rings (SSSR count). The van der Waals surface area contributed by atoms with Crippen molar-refractivity contribution < 1.29 is 8.42 Å². The van der Waals surface area contributed by atoms with Gasteiger partial charge in [0.15, 0.2) is 0 Å². The zero-order valence-electron chi connectivity index (χ0n) is 10.00. The molecule has 0 amide bonds. The van der Waals surface area contributed by atoms with Gasteiger partial charge in [-0.25, -0.2) is 0 Å². The lowest BCUT2D eigenvalue weighted by molar-refractivity contribution is 0.598. The molecule has 0 bridgehead atoms. The van der Waals surface area contributed by atoms with Crippen LogP contribution in [0.5, 0.6) is 0 Å². The fourth-order valence-corrected chi connectivity index (χ4v) is 2.70. The van der Waals surface area contributed by atoms with Crippen molar-refractivity contribution >= 4 is 16.7 Å². The number of benzene rings is 2. The first kappa shape index (κ1) is 12.5. The summed E-state index contributed by atoms with van der Waals surface area (Å²) in [4.78, 5) is 0.189. The number of rotatable bonds is 3. The van der Waals surface area contributed by atoms with E-state index in [4.69, 9.17) is 0 Å². The second kappa shape index (κ2) is 4.74. The fraction of sp³-hybridized carbons (Fsp3) is 0.0714. The van der Waals surface area contributed by atoms with Gasteiger partial charge in [0, 0.05) is 12.3 Å². The average Bonchev–Trinajstić information content (AvgIpc) is 2.39. The van der Waals surface area contributed by atoms with Crippen molar-refractivity contribution in [3.05, 3.63) is 54.1 Å². The largest absolute Gasteiger partial charge is 0.282 e. The van der Waals surface area contributed by atoms with Gasteiger partial charge in [-0.1, -0.05) is 42.5 Å². The average molecular weight is 259 g/mol. The maximum Gasteiger partial charge on any atom is 0.282 e. The summed E-state index contributed by atoms with van der Waals surface area (Å²) in [7, 11) is -3.68. The van der Waals surface area contributed by atoms with E-state index in [1.807, 2.05) is 37.3 Å². The SMILES string of the molecule is C=NS(=O)(=O)c1ccccc1-c1ccccc1C. The third-order valence-electron chi connectivity index (χ3n) is 2.77. The van der Waals surface area contributed by atoms with Crippen molar-refractivity contribution in [3.63, 3.8) is 0 Å². The zero-order valence-corrected chi connectivity index (χ0v) is 10.8. The summed E-state index contributed by atoms with van der Waals surface area (Å²) in [5.74, 6) is 0. The Morgan fingerprint density at radius 2 is 1.50 bits per heavy atom. The molecule has 18 heavy (non-hydrogen) atoms. The van der Waals surface area contributed by atoms with Crippen LogP contribution in [-0.2, 0) is 10.0 Å². The quantitative estimate of drug-likeness (QED) is 0.795. The molecule has 0 atom stereocenters. The number of aryl methyl sites for hydroxylation is 1. The molecule has 3 nitrogen and oxygen atoms in total. The molecule has 0 saturated carbocycles. The zero-order chi connectivity index (χ0) is 13.2. The third kappa shape index (κ3) is 2.19. The minimum Gasteiger partial charge on any atom is -0.199 e. The van der Waals surface area contributed by atoms with E-state index in [2.05, 4.69) is 11.1 Å². The molecule has 4 heteroatoms. The van der Waals surface area contributed by atoms with E-state index < -0.39 is 10.0 Å². The summed E-state index contributed by atoms with van der Waals surface area (Å²) in [5.41, 5.74) is 2.56. The minimum absolute atomic E-state index is 0.189. The summed E-state index contributed by atoms with van der Waals surface area (Å²) >= 11 is 0. The van der Waals surface area contributed by atoms with Crippen LogP contribution in [0.15, 0.2) is 57.8 Å². The predicted molar refractivity (Wildman–Crippen MR) is 73.3 cm³/mol. The molecule has 0 aromatic heterocycles. The van der Waals surface area contributed by atoms with Crippen LogP contribution in [0.4, 0.5) is 0 Å². The highest BCUT2D eigenvalue weighted by molar-refractivity contribution is 7.90. The maximum absolute atomic E-state index is 11.9. The van der Waals surface area contributed by atoms with Gasteiger partial charge in [-0.2, -0.15) is 12.8 Å². The Morgan fingerprint density at radius 3 is 2.11 bits per heavy atom. The molecule has 0 N–H and O–H groups in total. The fourth-order valence-electron chi connectivity index (χ4n) is 1.86. The number of hydrogen-bond donors (Lipinski definition) is 0. The van der Waals surface area contributed by atoms with Gasteiger partial charge in [0.25, 0.3) is 10.0 Å². The predicted octanol–water partition coefficient (Wildman–Crippen LogP) is 3.05. The van der Waals surface area contributed by atoms with Crippen molar-refractivity contribution in [2.24, 2.45) is 4.40 Å². The van der Waals surface area contributed by atoms with Gasteiger partial charge in [0.2, 0.25) is 0 Å². The number of hydrogen-bond acceptors (Lipinski definition) is 2. The smallest absolute Gasteiger partial charge is 0.199 e. The van der Waals surface area contributed by atoms with Crippen LogP contribution in [0.2, 0.25) is 0 Å². The van der Waals surface area contributed by atoms with Crippen LogP contribution in [0, 0.1) is 6.92 Å². The number of nitrogens with zero attached hydrogens (tertiary/aromatic N) is 1. The molecule has 0 unspecified atom stereocenters. The van der Waals surface area contributed by atoms with Crippen LogP contribution in [0.1, 0.15) is 5.56 Å². The molecule has 0 spiro atoms. The molecule has 0 aliphatic heterocycles. The van der Waals surface area contributed by atoms with Gasteiger partial charge < -0.3 is 0 Å². The highest BCUT2D eigenvalue weighted by atomic mass is 32.2. The van der Waals surface area contributed by atoms with Crippen molar-refractivity contribution in [2.45, 2.75) is 11.8 Å². The lowest BCUT2D eigenvalue weighted by Gasteiger charge is -2.10. The third-order valence-corrected chi connectivity index (χ3v) is 4.02. The molecule has 0 heterocycles. The van der Waals surface area contributed by atoms with Crippen LogP contribution in [0.25, 0.3) is 11.1 Å². The van der Waals surface area contributed by atoms with E-state index in [-0.39, 0.29) is 4.90 Å². The molecule has 2 aromatic carbocycles. The summed E-state index contributed by atoms with van der Waals surface area (Å²) in [5, 5.41) is 0. The molecule has 0 radical (unpaired) electrons. The Morgan fingerprint density at radius 1 is 0.944 bits per heavy atom. The first-order valence-corrected chi connectivity index (χ1v) is 6.88. The molecule has 92 valence electrons. The van der Waals surface area contributed by atoms with Crippen molar-refractivity contribution in [2.75, 3.05) is 0 Å². The minimum atomic E-state index is -3.68. The topological polar surface area (TPSA) is 46.5 Å². The van der Waals surface area contributed by atoms with E-state index in [1.165, 1.54) is 0 Å². The lowest BCUT2D eigenvalue weighted by atomic mass is 10.0. The highest BCUT2D eigenvalue weighted by Gasteiger charge is 2.17. The van der Waals surface area contributed by atoms with Crippen molar-refractivity contribution in [1.82, 2.24) is 0 Å². The normalized spacial score (nSPS) is 11.2. The Kier molecular flexibility index (Phi) is 3.30. The summed E-state index contributed by atoms with van der Waals surface area (Å²) in [6.07, 6.45) is 0. The Labute approximate surface area is 107 Å². The second-order valence-electron chi connectivity index (χ2n) is 3.92. The van der Waals surface area contributed by atoms with Gasteiger partial charge in [0.05, 0.1) is 4.90 Å². The highest BCUT2D eigenvalue weighted by Crippen LogP contribution is 2.30.